The van der Waals surface area contributed by atoms with Crippen molar-refractivity contribution >= 4 is 23.6 Å². The molecule has 4 N–H and O–H groups in total. The van der Waals surface area contributed by atoms with Gasteiger partial charge in [0.05, 0.1) is 12.0 Å². The van der Waals surface area contributed by atoms with Crippen LogP contribution in [0.4, 0.5) is 0 Å². The highest BCUT2D eigenvalue weighted by Crippen LogP contribution is 2.32. The molecular formula is C30H36N4O5. The summed E-state index contributed by atoms with van der Waals surface area (Å²) in [7, 11) is 0. The molecule has 0 saturated heterocycles. The molecule has 0 aliphatic carbocycles. The van der Waals surface area contributed by atoms with Crippen molar-refractivity contribution < 1.29 is 24.2 Å². The monoisotopic (exact) mass is 532 g/mol. The molecule has 4 rings (SSSR count). The van der Waals surface area contributed by atoms with Crippen LogP contribution in [0.5, 0.6) is 0 Å². The number of carbonyl (C=O) groups is 2. The fraction of sp³-hybridized carbons (Fsp3) is 0.400. The van der Waals surface area contributed by atoms with Gasteiger partial charge >= 0.3 is 11.9 Å². The zero-order valence-electron chi connectivity index (χ0n) is 22.9. The first kappa shape index (κ1) is 28.0. The van der Waals surface area contributed by atoms with E-state index in [1.165, 1.54) is 0 Å². The Balaban J connectivity index is 1.59. The highest BCUT2D eigenvalue weighted by molar-refractivity contribution is 6.01. The van der Waals surface area contributed by atoms with E-state index in [0.29, 0.717) is 24.3 Å². The van der Waals surface area contributed by atoms with E-state index in [1.807, 2.05) is 60.4 Å². The third kappa shape index (κ3) is 6.20. The van der Waals surface area contributed by atoms with Crippen molar-refractivity contribution in [3.05, 3.63) is 71.0 Å². The predicted octanol–water partition coefficient (Wildman–Crippen LogP) is 3.92. The summed E-state index contributed by atoms with van der Waals surface area (Å²) in [5, 5.41) is 18.8. The average Bonchev–Trinajstić information content (AvgIpc) is 3.41. The minimum absolute atomic E-state index is 0.00417. The Bertz CT molecular complexity index is 1320. The number of rotatable bonds is 10. The van der Waals surface area contributed by atoms with Crippen molar-refractivity contribution in [2.45, 2.75) is 71.2 Å². The van der Waals surface area contributed by atoms with Gasteiger partial charge in [-0.3, -0.25) is 15.2 Å². The molecule has 0 fully saturated rings. The van der Waals surface area contributed by atoms with E-state index in [1.54, 1.807) is 20.8 Å². The van der Waals surface area contributed by atoms with Crippen LogP contribution in [0.1, 0.15) is 58.1 Å². The van der Waals surface area contributed by atoms with Gasteiger partial charge in [0.25, 0.3) is 0 Å². The molecule has 2 aromatic carbocycles. The van der Waals surface area contributed by atoms with E-state index in [2.05, 4.69) is 0 Å². The van der Waals surface area contributed by atoms with Crippen molar-refractivity contribution in [3.63, 3.8) is 0 Å². The Morgan fingerprint density at radius 2 is 1.92 bits per heavy atom. The molecule has 0 spiro atoms. The number of aliphatic hydroxyl groups is 1. The number of cyclic esters (lactones) is 1. The molecule has 0 saturated carbocycles. The van der Waals surface area contributed by atoms with Crippen LogP contribution in [0.15, 0.2) is 64.9 Å². The number of benzene rings is 2. The largest absolute Gasteiger partial charge is 0.456 e. The van der Waals surface area contributed by atoms with Gasteiger partial charge in [0.15, 0.2) is 6.04 Å². The normalized spacial score (nSPS) is 19.3. The van der Waals surface area contributed by atoms with E-state index >= 15 is 0 Å². The van der Waals surface area contributed by atoms with Crippen molar-refractivity contribution in [1.82, 2.24) is 4.90 Å². The zero-order chi connectivity index (χ0) is 28.3. The summed E-state index contributed by atoms with van der Waals surface area (Å²) in [6.45, 7) is 7.33. The number of carbonyl (C=O) groups excluding carboxylic acids is 2. The molecule has 0 amide bonds. The molecule has 2 aliphatic heterocycles. The highest BCUT2D eigenvalue weighted by Gasteiger charge is 2.48. The van der Waals surface area contributed by atoms with Crippen molar-refractivity contribution in [1.29, 1.82) is 5.41 Å². The maximum absolute atomic E-state index is 13.5. The van der Waals surface area contributed by atoms with Crippen LogP contribution < -0.4 is 5.73 Å². The Kier molecular flexibility index (Phi) is 8.20. The summed E-state index contributed by atoms with van der Waals surface area (Å²) in [6.07, 6.45) is 1.65. The van der Waals surface area contributed by atoms with Gasteiger partial charge in [0, 0.05) is 18.5 Å². The van der Waals surface area contributed by atoms with Crippen molar-refractivity contribution in [2.75, 3.05) is 6.61 Å². The summed E-state index contributed by atoms with van der Waals surface area (Å²) in [6, 6.07) is 13.8. The number of hydrogen-bond donors (Lipinski definition) is 3. The predicted molar refractivity (Wildman–Crippen MR) is 149 cm³/mol. The molecule has 2 aromatic rings. The van der Waals surface area contributed by atoms with Crippen LogP contribution in [0.3, 0.4) is 0 Å². The molecule has 39 heavy (non-hydrogen) atoms. The minimum atomic E-state index is -1.27. The van der Waals surface area contributed by atoms with Crippen LogP contribution >= 0.6 is 0 Å². The number of nitrogen functional groups attached to an aromatic ring is 1. The number of amidine groups is 2. The summed E-state index contributed by atoms with van der Waals surface area (Å²) >= 11 is 0. The van der Waals surface area contributed by atoms with Gasteiger partial charge in [0.1, 0.15) is 30.1 Å². The molecule has 0 bridgehead atoms. The fourth-order valence-corrected chi connectivity index (χ4v) is 4.96. The third-order valence-corrected chi connectivity index (χ3v) is 7.00. The first-order valence-electron chi connectivity index (χ1n) is 13.1. The van der Waals surface area contributed by atoms with Gasteiger partial charge in [-0.05, 0) is 49.5 Å². The number of nitrogens with zero attached hydrogens (tertiary/aromatic N) is 2. The second kappa shape index (κ2) is 11.4. The second-order valence-corrected chi connectivity index (χ2v) is 10.6. The first-order valence-corrected chi connectivity index (χ1v) is 13.1. The molecule has 9 nitrogen and oxygen atoms in total. The third-order valence-electron chi connectivity index (χ3n) is 7.00. The van der Waals surface area contributed by atoms with Gasteiger partial charge in [-0.15, -0.1) is 0 Å². The first-order chi connectivity index (χ1) is 18.5. The molecule has 2 aliphatic rings. The van der Waals surface area contributed by atoms with Gasteiger partial charge in [-0.1, -0.05) is 55.5 Å². The van der Waals surface area contributed by atoms with Crippen molar-refractivity contribution in [2.24, 2.45) is 10.7 Å². The SMILES string of the molecule is CCCC1=NC(C(C)(C)O)C(C(=O)OCC2=C(C)CC(=O)O2)N1Cc1ccc(-c2ccccc2C(=N)N)cc1. The molecule has 2 heterocycles. The Hall–Kier alpha value is -3.98. The summed E-state index contributed by atoms with van der Waals surface area (Å²) in [5.41, 5.74) is 8.65. The highest BCUT2D eigenvalue weighted by atomic mass is 16.6. The second-order valence-electron chi connectivity index (χ2n) is 10.6. The Morgan fingerprint density at radius 3 is 2.51 bits per heavy atom. The number of esters is 2. The number of nitrogens with two attached hydrogens (primary N) is 1. The van der Waals surface area contributed by atoms with E-state index in [0.717, 1.165) is 34.5 Å². The minimum Gasteiger partial charge on any atom is -0.456 e. The Labute approximate surface area is 228 Å². The quantitative estimate of drug-likeness (QED) is 0.239. The lowest BCUT2D eigenvalue weighted by Gasteiger charge is -2.33. The van der Waals surface area contributed by atoms with Crippen LogP contribution in [0.25, 0.3) is 11.1 Å². The standard InChI is InChI=1S/C30H36N4O5/c1-5-8-24-33-27(30(3,4)37)26(29(36)38-17-23-18(2)15-25(35)39-23)34(24)16-19-11-13-20(14-12-19)21-9-6-7-10-22(21)28(31)32/h6-7,9-14,26-27,37H,5,8,15-17H2,1-4H3,(H3,31,32). The maximum atomic E-state index is 13.5. The van der Waals surface area contributed by atoms with E-state index in [4.69, 9.17) is 25.6 Å². The van der Waals surface area contributed by atoms with Gasteiger partial charge in [0.2, 0.25) is 0 Å². The summed E-state index contributed by atoms with van der Waals surface area (Å²) in [4.78, 5) is 31.8. The van der Waals surface area contributed by atoms with E-state index in [-0.39, 0.29) is 24.8 Å². The fourth-order valence-electron chi connectivity index (χ4n) is 4.96. The van der Waals surface area contributed by atoms with Gasteiger partial charge in [-0.2, -0.15) is 0 Å². The topological polar surface area (TPSA) is 138 Å². The van der Waals surface area contributed by atoms with Crippen LogP contribution in [-0.2, 0) is 25.6 Å². The number of ether oxygens (including phenoxy) is 2. The molecule has 0 aromatic heterocycles. The van der Waals surface area contributed by atoms with Gasteiger partial charge in [-0.25, -0.2) is 4.79 Å². The Morgan fingerprint density at radius 1 is 1.23 bits per heavy atom. The molecule has 2 atom stereocenters. The lowest BCUT2D eigenvalue weighted by atomic mass is 9.92. The molecule has 0 radical (unpaired) electrons. The number of nitrogens with one attached hydrogen (secondary N) is 1. The summed E-state index contributed by atoms with van der Waals surface area (Å²) < 4.78 is 10.8. The zero-order valence-corrected chi connectivity index (χ0v) is 22.9. The van der Waals surface area contributed by atoms with E-state index in [9.17, 15) is 14.7 Å². The van der Waals surface area contributed by atoms with Gasteiger partial charge < -0.3 is 25.2 Å². The van der Waals surface area contributed by atoms with Crippen LogP contribution in [0.2, 0.25) is 0 Å². The molecule has 2 unspecified atom stereocenters. The van der Waals surface area contributed by atoms with Crippen molar-refractivity contribution in [3.8, 4) is 11.1 Å². The number of aliphatic imine (C=N–C) groups is 1. The molecular weight excluding hydrogens is 496 g/mol. The smallest absolute Gasteiger partial charge is 0.331 e. The number of hydrogen-bond acceptors (Lipinski definition) is 8. The maximum Gasteiger partial charge on any atom is 0.331 e. The van der Waals surface area contributed by atoms with Crippen LogP contribution in [-0.4, -0.2) is 57.9 Å². The summed E-state index contributed by atoms with van der Waals surface area (Å²) in [5.74, 6) is 0.198. The lowest BCUT2D eigenvalue weighted by molar-refractivity contribution is -0.152. The van der Waals surface area contributed by atoms with E-state index < -0.39 is 23.7 Å². The average molecular weight is 533 g/mol. The lowest BCUT2D eigenvalue weighted by Crippen LogP contribution is -2.52. The van der Waals surface area contributed by atoms with Crippen LogP contribution in [0, 0.1) is 5.41 Å². The molecule has 9 heteroatoms. The molecule has 206 valence electrons.